The molecule has 0 amide bonds. The zero-order valence-electron chi connectivity index (χ0n) is 5.29. The first-order valence-electron chi connectivity index (χ1n) is 2.61. The van der Waals surface area contributed by atoms with Gasteiger partial charge >= 0.3 is 0 Å². The summed E-state index contributed by atoms with van der Waals surface area (Å²) in [6.45, 7) is 1.95. The first kappa shape index (κ1) is 7.66. The van der Waals surface area contributed by atoms with Gasteiger partial charge in [-0.2, -0.15) is 0 Å². The lowest BCUT2D eigenvalue weighted by atomic mass is 10.3. The SMILES string of the molecule is CC=CC(CO)OC. The second-order valence-corrected chi connectivity index (χ2v) is 1.48. The Morgan fingerprint density at radius 3 is 2.50 bits per heavy atom. The van der Waals surface area contributed by atoms with E-state index >= 15 is 0 Å². The van der Waals surface area contributed by atoms with E-state index in [1.807, 2.05) is 13.0 Å². The lowest BCUT2D eigenvalue weighted by Gasteiger charge is -2.03. The quantitative estimate of drug-likeness (QED) is 0.546. The van der Waals surface area contributed by atoms with Crippen LogP contribution in [0.3, 0.4) is 0 Å². The molecule has 0 aromatic heterocycles. The Balaban J connectivity index is 3.36. The summed E-state index contributed by atoms with van der Waals surface area (Å²) in [5.74, 6) is 0. The number of methoxy groups -OCH3 is 1. The molecule has 8 heavy (non-hydrogen) atoms. The van der Waals surface area contributed by atoms with Gasteiger partial charge in [-0.25, -0.2) is 0 Å². The maximum Gasteiger partial charge on any atom is 0.0982 e. The Kier molecular flexibility index (Phi) is 4.61. The highest BCUT2D eigenvalue weighted by Crippen LogP contribution is 1.88. The molecule has 0 aromatic rings. The van der Waals surface area contributed by atoms with Gasteiger partial charge in [-0.1, -0.05) is 12.2 Å². The molecule has 2 heteroatoms. The van der Waals surface area contributed by atoms with Crippen LogP contribution in [-0.2, 0) is 4.74 Å². The predicted molar refractivity (Wildman–Crippen MR) is 32.7 cm³/mol. The maximum atomic E-state index is 8.48. The average molecular weight is 116 g/mol. The van der Waals surface area contributed by atoms with E-state index in [1.54, 1.807) is 13.2 Å². The number of ether oxygens (including phenoxy) is 1. The van der Waals surface area contributed by atoms with E-state index in [-0.39, 0.29) is 12.7 Å². The summed E-state index contributed by atoms with van der Waals surface area (Å²) in [7, 11) is 1.57. The van der Waals surface area contributed by atoms with Crippen LogP contribution in [0, 0.1) is 0 Å². The van der Waals surface area contributed by atoms with Crippen LogP contribution in [0.25, 0.3) is 0 Å². The van der Waals surface area contributed by atoms with Crippen molar-refractivity contribution >= 4 is 0 Å². The zero-order chi connectivity index (χ0) is 6.41. The number of allylic oxidation sites excluding steroid dienone is 1. The Bertz CT molecular complexity index is 64.9. The summed E-state index contributed by atoms with van der Waals surface area (Å²) in [4.78, 5) is 0. The van der Waals surface area contributed by atoms with E-state index in [0.717, 1.165) is 0 Å². The fourth-order valence-electron chi connectivity index (χ4n) is 0.429. The van der Waals surface area contributed by atoms with Crippen molar-refractivity contribution in [2.24, 2.45) is 0 Å². The van der Waals surface area contributed by atoms with E-state index in [2.05, 4.69) is 0 Å². The van der Waals surface area contributed by atoms with Gasteiger partial charge in [-0.05, 0) is 6.92 Å². The van der Waals surface area contributed by atoms with Gasteiger partial charge in [0.1, 0.15) is 0 Å². The van der Waals surface area contributed by atoms with E-state index in [1.165, 1.54) is 0 Å². The number of hydrogen-bond donors (Lipinski definition) is 1. The first-order valence-corrected chi connectivity index (χ1v) is 2.61. The minimum absolute atomic E-state index is 0.0564. The van der Waals surface area contributed by atoms with Crippen LogP contribution < -0.4 is 0 Å². The normalized spacial score (nSPS) is 14.9. The minimum Gasteiger partial charge on any atom is -0.393 e. The average Bonchev–Trinajstić information content (AvgIpc) is 1.83. The van der Waals surface area contributed by atoms with Crippen molar-refractivity contribution in [3.63, 3.8) is 0 Å². The van der Waals surface area contributed by atoms with Crippen LogP contribution in [0.4, 0.5) is 0 Å². The Hall–Kier alpha value is -0.340. The zero-order valence-corrected chi connectivity index (χ0v) is 5.29. The van der Waals surface area contributed by atoms with E-state index in [9.17, 15) is 0 Å². The Morgan fingerprint density at radius 2 is 2.38 bits per heavy atom. The molecule has 0 bridgehead atoms. The van der Waals surface area contributed by atoms with Crippen LogP contribution in [-0.4, -0.2) is 24.9 Å². The number of aliphatic hydroxyl groups is 1. The van der Waals surface area contributed by atoms with Gasteiger partial charge in [0.15, 0.2) is 0 Å². The third-order valence-corrected chi connectivity index (χ3v) is 0.890. The molecule has 0 fully saturated rings. The predicted octanol–water partition coefficient (Wildman–Crippen LogP) is 0.570. The largest absolute Gasteiger partial charge is 0.393 e. The first-order chi connectivity index (χ1) is 3.85. The monoisotopic (exact) mass is 116 g/mol. The molecule has 0 rings (SSSR count). The third-order valence-electron chi connectivity index (χ3n) is 0.890. The molecule has 0 radical (unpaired) electrons. The second kappa shape index (κ2) is 4.81. The Morgan fingerprint density at radius 1 is 1.75 bits per heavy atom. The molecule has 2 nitrogen and oxygen atoms in total. The van der Waals surface area contributed by atoms with Crippen molar-refractivity contribution in [2.75, 3.05) is 13.7 Å². The molecule has 1 atom stereocenters. The van der Waals surface area contributed by atoms with Gasteiger partial charge in [0.2, 0.25) is 0 Å². The molecule has 0 heterocycles. The van der Waals surface area contributed by atoms with Crippen LogP contribution in [0.2, 0.25) is 0 Å². The molecule has 0 saturated carbocycles. The van der Waals surface area contributed by atoms with Crippen LogP contribution in [0.5, 0.6) is 0 Å². The van der Waals surface area contributed by atoms with Gasteiger partial charge in [0.25, 0.3) is 0 Å². The summed E-state index contributed by atoms with van der Waals surface area (Å²) < 4.78 is 4.80. The van der Waals surface area contributed by atoms with Crippen LogP contribution in [0.1, 0.15) is 6.92 Å². The van der Waals surface area contributed by atoms with E-state index < -0.39 is 0 Å². The summed E-state index contributed by atoms with van der Waals surface area (Å²) in [5, 5.41) is 8.48. The summed E-state index contributed by atoms with van der Waals surface area (Å²) >= 11 is 0. The van der Waals surface area contributed by atoms with Crippen LogP contribution in [0.15, 0.2) is 12.2 Å². The van der Waals surface area contributed by atoms with Crippen LogP contribution >= 0.6 is 0 Å². The minimum atomic E-state index is -0.125. The summed E-state index contributed by atoms with van der Waals surface area (Å²) in [5.41, 5.74) is 0. The van der Waals surface area contributed by atoms with Gasteiger partial charge < -0.3 is 9.84 Å². The molecule has 1 N–H and O–H groups in total. The standard InChI is InChI=1S/C6H12O2/c1-3-4-6(5-7)8-2/h3-4,6-7H,5H2,1-2H3. The number of rotatable bonds is 3. The van der Waals surface area contributed by atoms with Crippen molar-refractivity contribution < 1.29 is 9.84 Å². The topological polar surface area (TPSA) is 29.5 Å². The van der Waals surface area contributed by atoms with Gasteiger partial charge in [-0.3, -0.25) is 0 Å². The molecular weight excluding hydrogens is 104 g/mol. The second-order valence-electron chi connectivity index (χ2n) is 1.48. The molecule has 48 valence electrons. The van der Waals surface area contributed by atoms with Gasteiger partial charge in [0.05, 0.1) is 12.7 Å². The Labute approximate surface area is 49.8 Å². The van der Waals surface area contributed by atoms with Crippen molar-refractivity contribution in [3.8, 4) is 0 Å². The third kappa shape index (κ3) is 2.77. The molecule has 0 aromatic carbocycles. The lowest BCUT2D eigenvalue weighted by molar-refractivity contribution is 0.0819. The van der Waals surface area contributed by atoms with Gasteiger partial charge in [-0.15, -0.1) is 0 Å². The molecular formula is C6H12O2. The molecule has 0 spiro atoms. The fourth-order valence-corrected chi connectivity index (χ4v) is 0.429. The highest BCUT2D eigenvalue weighted by Gasteiger charge is 1.95. The molecule has 0 aliphatic heterocycles. The molecule has 0 saturated heterocycles. The smallest absolute Gasteiger partial charge is 0.0982 e. The molecule has 0 aliphatic carbocycles. The number of hydrogen-bond acceptors (Lipinski definition) is 2. The fraction of sp³-hybridized carbons (Fsp3) is 0.667. The maximum absolute atomic E-state index is 8.48. The van der Waals surface area contributed by atoms with Crippen molar-refractivity contribution in [3.05, 3.63) is 12.2 Å². The highest BCUT2D eigenvalue weighted by atomic mass is 16.5. The lowest BCUT2D eigenvalue weighted by Crippen LogP contribution is -2.11. The summed E-state index contributed by atoms with van der Waals surface area (Å²) in [6, 6.07) is 0. The van der Waals surface area contributed by atoms with Crippen molar-refractivity contribution in [1.29, 1.82) is 0 Å². The van der Waals surface area contributed by atoms with Crippen molar-refractivity contribution in [2.45, 2.75) is 13.0 Å². The number of aliphatic hydroxyl groups excluding tert-OH is 1. The van der Waals surface area contributed by atoms with Gasteiger partial charge in [0, 0.05) is 7.11 Å². The molecule has 1 unspecified atom stereocenters. The summed E-state index contributed by atoms with van der Waals surface area (Å²) in [6.07, 6.45) is 3.53. The molecule has 0 aliphatic rings. The van der Waals surface area contributed by atoms with Crippen molar-refractivity contribution in [1.82, 2.24) is 0 Å². The van der Waals surface area contributed by atoms with E-state index in [0.29, 0.717) is 0 Å². The highest BCUT2D eigenvalue weighted by molar-refractivity contribution is 4.85. The van der Waals surface area contributed by atoms with E-state index in [4.69, 9.17) is 9.84 Å².